The Labute approximate surface area is 104 Å². The van der Waals surface area contributed by atoms with Crippen LogP contribution in [0.2, 0.25) is 0 Å². The summed E-state index contributed by atoms with van der Waals surface area (Å²) in [6, 6.07) is 5.60. The summed E-state index contributed by atoms with van der Waals surface area (Å²) >= 11 is 0. The van der Waals surface area contributed by atoms with E-state index in [1.807, 2.05) is 6.07 Å². The van der Waals surface area contributed by atoms with Gasteiger partial charge in [0.25, 0.3) is 0 Å². The molecule has 1 aliphatic rings. The van der Waals surface area contributed by atoms with Gasteiger partial charge in [0.2, 0.25) is 0 Å². The first-order valence-corrected chi connectivity index (χ1v) is 6.66. The second-order valence-electron chi connectivity index (χ2n) is 5.29. The molecule has 1 aromatic rings. The topological polar surface area (TPSA) is 29.5 Å². The van der Waals surface area contributed by atoms with Gasteiger partial charge in [0.05, 0.1) is 6.10 Å². The average Bonchev–Trinajstić information content (AvgIpc) is 2.29. The summed E-state index contributed by atoms with van der Waals surface area (Å²) in [7, 11) is 0. The van der Waals surface area contributed by atoms with E-state index in [9.17, 15) is 5.11 Å². The summed E-state index contributed by atoms with van der Waals surface area (Å²) in [6.07, 6.45) is 6.49. The van der Waals surface area contributed by atoms with Crippen molar-refractivity contribution in [3.8, 4) is 11.5 Å². The van der Waals surface area contributed by atoms with Crippen molar-refractivity contribution in [2.75, 3.05) is 0 Å². The van der Waals surface area contributed by atoms with Crippen LogP contribution in [0.15, 0.2) is 18.2 Å². The van der Waals surface area contributed by atoms with Crippen molar-refractivity contribution in [3.05, 3.63) is 23.8 Å². The Balaban J connectivity index is 2.09. The zero-order valence-corrected chi connectivity index (χ0v) is 10.8. The summed E-state index contributed by atoms with van der Waals surface area (Å²) in [5.74, 6) is 1.54. The van der Waals surface area contributed by atoms with Crippen molar-refractivity contribution in [2.24, 2.45) is 0 Å². The van der Waals surface area contributed by atoms with Crippen LogP contribution < -0.4 is 4.74 Å². The molecule has 0 saturated heterocycles. The van der Waals surface area contributed by atoms with Crippen LogP contribution in [0.3, 0.4) is 0 Å². The number of aromatic hydroxyl groups is 1. The Hall–Kier alpha value is -1.18. The van der Waals surface area contributed by atoms with Gasteiger partial charge in [-0.3, -0.25) is 0 Å². The predicted octanol–water partition coefficient (Wildman–Crippen LogP) is 4.23. The first-order chi connectivity index (χ1) is 8.15. The lowest BCUT2D eigenvalue weighted by molar-refractivity contribution is 0.154. The van der Waals surface area contributed by atoms with Crippen LogP contribution in [0.25, 0.3) is 0 Å². The van der Waals surface area contributed by atoms with Crippen LogP contribution in [0, 0.1) is 0 Å². The van der Waals surface area contributed by atoms with E-state index in [-0.39, 0.29) is 0 Å². The van der Waals surface area contributed by atoms with Gasteiger partial charge >= 0.3 is 0 Å². The standard InChI is InChI=1S/C15H22O2/c1-11(2)12-8-13(16)10-15(9-12)17-14-6-4-3-5-7-14/h8-11,14,16H,3-7H2,1-2H3. The van der Waals surface area contributed by atoms with Crippen molar-refractivity contribution in [1.29, 1.82) is 0 Å². The summed E-state index contributed by atoms with van der Waals surface area (Å²) in [5.41, 5.74) is 1.14. The van der Waals surface area contributed by atoms with Gasteiger partial charge in [-0.2, -0.15) is 0 Å². The molecule has 94 valence electrons. The molecule has 1 fully saturated rings. The SMILES string of the molecule is CC(C)c1cc(O)cc(OC2CCCCC2)c1. The van der Waals surface area contributed by atoms with Crippen molar-refractivity contribution in [3.63, 3.8) is 0 Å². The lowest BCUT2D eigenvalue weighted by atomic mass is 9.97. The largest absolute Gasteiger partial charge is 0.508 e. The minimum Gasteiger partial charge on any atom is -0.508 e. The Bertz CT molecular complexity index is 365. The zero-order valence-electron chi connectivity index (χ0n) is 10.8. The minimum absolute atomic E-state index is 0.307. The maximum Gasteiger partial charge on any atom is 0.123 e. The molecule has 0 unspecified atom stereocenters. The van der Waals surface area contributed by atoms with Crippen molar-refractivity contribution < 1.29 is 9.84 Å². The van der Waals surface area contributed by atoms with Crippen LogP contribution in [0.1, 0.15) is 57.4 Å². The molecule has 0 atom stereocenters. The highest BCUT2D eigenvalue weighted by molar-refractivity contribution is 5.39. The highest BCUT2D eigenvalue weighted by Crippen LogP contribution is 2.29. The lowest BCUT2D eigenvalue weighted by Crippen LogP contribution is -2.19. The fraction of sp³-hybridized carbons (Fsp3) is 0.600. The normalized spacial score (nSPS) is 17.4. The molecule has 17 heavy (non-hydrogen) atoms. The van der Waals surface area contributed by atoms with E-state index in [0.717, 1.165) is 24.2 Å². The molecule has 1 aliphatic carbocycles. The van der Waals surface area contributed by atoms with E-state index in [2.05, 4.69) is 19.9 Å². The highest BCUT2D eigenvalue weighted by Gasteiger charge is 2.15. The third-order valence-electron chi connectivity index (χ3n) is 3.44. The summed E-state index contributed by atoms with van der Waals surface area (Å²) in [5, 5.41) is 9.69. The number of rotatable bonds is 3. The monoisotopic (exact) mass is 234 g/mol. The van der Waals surface area contributed by atoms with Crippen LogP contribution >= 0.6 is 0 Å². The first-order valence-electron chi connectivity index (χ1n) is 6.66. The third kappa shape index (κ3) is 3.39. The van der Waals surface area contributed by atoms with Gasteiger partial charge in [-0.15, -0.1) is 0 Å². The lowest BCUT2D eigenvalue weighted by Gasteiger charge is -2.23. The fourth-order valence-electron chi connectivity index (χ4n) is 2.38. The van der Waals surface area contributed by atoms with E-state index in [4.69, 9.17) is 4.74 Å². The fourth-order valence-corrected chi connectivity index (χ4v) is 2.38. The molecule has 0 amide bonds. The van der Waals surface area contributed by atoms with Gasteiger partial charge in [-0.05, 0) is 49.3 Å². The first kappa shape index (κ1) is 12.3. The molecule has 1 saturated carbocycles. The average molecular weight is 234 g/mol. The van der Waals surface area contributed by atoms with Gasteiger partial charge < -0.3 is 9.84 Å². The van der Waals surface area contributed by atoms with E-state index in [1.54, 1.807) is 6.07 Å². The maximum absolute atomic E-state index is 9.69. The second kappa shape index (κ2) is 5.44. The number of hydrogen-bond acceptors (Lipinski definition) is 2. The van der Waals surface area contributed by atoms with Gasteiger partial charge in [0.15, 0.2) is 0 Å². The van der Waals surface area contributed by atoms with E-state index in [0.29, 0.717) is 17.8 Å². The molecule has 0 aliphatic heterocycles. The maximum atomic E-state index is 9.69. The van der Waals surface area contributed by atoms with Crippen LogP contribution in [-0.2, 0) is 0 Å². The van der Waals surface area contributed by atoms with Gasteiger partial charge in [0.1, 0.15) is 11.5 Å². The Morgan fingerprint density at radius 3 is 2.47 bits per heavy atom. The molecule has 1 N–H and O–H groups in total. The molecule has 2 nitrogen and oxygen atoms in total. The number of phenolic OH excluding ortho intramolecular Hbond substituents is 1. The molecule has 0 bridgehead atoms. The second-order valence-corrected chi connectivity index (χ2v) is 5.29. The molecule has 0 radical (unpaired) electrons. The summed E-state index contributed by atoms with van der Waals surface area (Å²) < 4.78 is 5.97. The molecule has 2 heteroatoms. The summed E-state index contributed by atoms with van der Waals surface area (Å²) in [4.78, 5) is 0. The number of benzene rings is 1. The third-order valence-corrected chi connectivity index (χ3v) is 3.44. The molecular formula is C15H22O2. The van der Waals surface area contributed by atoms with Crippen molar-refractivity contribution in [2.45, 2.75) is 58.0 Å². The quantitative estimate of drug-likeness (QED) is 0.848. The van der Waals surface area contributed by atoms with Crippen molar-refractivity contribution in [1.82, 2.24) is 0 Å². The van der Waals surface area contributed by atoms with Gasteiger partial charge in [-0.1, -0.05) is 20.3 Å². The molecule has 0 heterocycles. The molecule has 2 rings (SSSR count). The summed E-state index contributed by atoms with van der Waals surface area (Å²) in [6.45, 7) is 4.25. The molecular weight excluding hydrogens is 212 g/mol. The van der Waals surface area contributed by atoms with E-state index >= 15 is 0 Å². The number of ether oxygens (including phenoxy) is 1. The van der Waals surface area contributed by atoms with Gasteiger partial charge in [0, 0.05) is 6.07 Å². The Morgan fingerprint density at radius 1 is 1.12 bits per heavy atom. The van der Waals surface area contributed by atoms with E-state index in [1.165, 1.54) is 19.3 Å². The minimum atomic E-state index is 0.307. The number of hydrogen-bond donors (Lipinski definition) is 1. The van der Waals surface area contributed by atoms with Crippen LogP contribution in [-0.4, -0.2) is 11.2 Å². The molecule has 0 aromatic heterocycles. The zero-order chi connectivity index (χ0) is 12.3. The highest BCUT2D eigenvalue weighted by atomic mass is 16.5. The predicted molar refractivity (Wildman–Crippen MR) is 69.7 cm³/mol. The number of phenols is 1. The Kier molecular flexibility index (Phi) is 3.93. The molecule has 1 aromatic carbocycles. The van der Waals surface area contributed by atoms with Crippen LogP contribution in [0.5, 0.6) is 11.5 Å². The van der Waals surface area contributed by atoms with Crippen molar-refractivity contribution >= 4 is 0 Å². The van der Waals surface area contributed by atoms with E-state index < -0.39 is 0 Å². The Morgan fingerprint density at radius 2 is 1.82 bits per heavy atom. The van der Waals surface area contributed by atoms with Crippen LogP contribution in [0.4, 0.5) is 0 Å². The molecule has 0 spiro atoms. The van der Waals surface area contributed by atoms with Gasteiger partial charge in [-0.25, -0.2) is 0 Å². The smallest absolute Gasteiger partial charge is 0.123 e.